The highest BCUT2D eigenvalue weighted by Gasteiger charge is 2.24. The van der Waals surface area contributed by atoms with E-state index in [1.165, 1.54) is 12.5 Å². The standard InChI is InChI=1S/C30H42FNO/c1-7-11-13-24(10-4)21-32(23(6)9-3)30(33)29-19-26(17-16-25(29)14-12-8-2)28-20-27(31)18-15-22(28)5/h15-20,24H,6-14,21H2,1-5H3. The van der Waals surface area contributed by atoms with Crippen LogP contribution in [0.15, 0.2) is 48.7 Å². The summed E-state index contributed by atoms with van der Waals surface area (Å²) in [7, 11) is 0. The molecule has 2 aromatic rings. The lowest BCUT2D eigenvalue weighted by Crippen LogP contribution is -2.35. The zero-order valence-corrected chi connectivity index (χ0v) is 21.3. The van der Waals surface area contributed by atoms with Gasteiger partial charge in [-0.15, -0.1) is 0 Å². The summed E-state index contributed by atoms with van der Waals surface area (Å²) in [6.07, 6.45) is 8.21. The van der Waals surface area contributed by atoms with Crippen molar-refractivity contribution in [2.45, 2.75) is 86.0 Å². The second-order valence-corrected chi connectivity index (χ2v) is 9.19. The lowest BCUT2D eigenvalue weighted by atomic mass is 9.93. The van der Waals surface area contributed by atoms with Crippen molar-refractivity contribution in [1.29, 1.82) is 0 Å². The number of rotatable bonds is 13. The number of carbonyl (C=O) groups is 1. The SMILES string of the molecule is C=C(CC)N(CC(CC)CCCC)C(=O)c1cc(-c2cc(F)ccc2C)ccc1CCCC. The van der Waals surface area contributed by atoms with E-state index in [0.717, 1.165) is 78.5 Å². The van der Waals surface area contributed by atoms with Gasteiger partial charge < -0.3 is 4.90 Å². The fourth-order valence-corrected chi connectivity index (χ4v) is 4.30. The molecule has 0 aromatic heterocycles. The Morgan fingerprint density at radius 2 is 1.76 bits per heavy atom. The van der Waals surface area contributed by atoms with Crippen molar-refractivity contribution in [2.75, 3.05) is 6.54 Å². The second kappa shape index (κ2) is 13.3. The topological polar surface area (TPSA) is 20.3 Å². The summed E-state index contributed by atoms with van der Waals surface area (Å²) in [6.45, 7) is 15.6. The van der Waals surface area contributed by atoms with Gasteiger partial charge in [-0.2, -0.15) is 0 Å². The minimum Gasteiger partial charge on any atom is -0.312 e. The lowest BCUT2D eigenvalue weighted by Gasteiger charge is -2.29. The summed E-state index contributed by atoms with van der Waals surface area (Å²) >= 11 is 0. The van der Waals surface area contributed by atoms with Crippen molar-refractivity contribution in [3.63, 3.8) is 0 Å². The molecule has 3 heteroatoms. The molecular weight excluding hydrogens is 409 g/mol. The molecule has 1 atom stereocenters. The Balaban J connectivity index is 2.51. The summed E-state index contributed by atoms with van der Waals surface area (Å²) in [5.41, 5.74) is 5.37. The van der Waals surface area contributed by atoms with Crippen LogP contribution in [0, 0.1) is 18.7 Å². The van der Waals surface area contributed by atoms with E-state index in [1.807, 2.05) is 24.0 Å². The van der Waals surface area contributed by atoms with Crippen molar-refractivity contribution in [3.8, 4) is 11.1 Å². The Labute approximate surface area is 200 Å². The van der Waals surface area contributed by atoms with Crippen LogP contribution in [0.2, 0.25) is 0 Å². The van der Waals surface area contributed by atoms with Gasteiger partial charge in [0.05, 0.1) is 0 Å². The van der Waals surface area contributed by atoms with Crippen LogP contribution in [0.5, 0.6) is 0 Å². The van der Waals surface area contributed by atoms with E-state index in [2.05, 4.69) is 40.3 Å². The van der Waals surface area contributed by atoms with Crippen LogP contribution < -0.4 is 0 Å². The third-order valence-corrected chi connectivity index (χ3v) is 6.67. The molecule has 0 bridgehead atoms. The lowest BCUT2D eigenvalue weighted by molar-refractivity contribution is 0.0775. The smallest absolute Gasteiger partial charge is 0.258 e. The molecule has 0 aliphatic rings. The number of halogens is 1. The maximum atomic E-state index is 14.0. The van der Waals surface area contributed by atoms with Crippen LogP contribution in [0.25, 0.3) is 11.1 Å². The molecule has 0 fully saturated rings. The van der Waals surface area contributed by atoms with Crippen LogP contribution in [0.3, 0.4) is 0 Å². The fourth-order valence-electron chi connectivity index (χ4n) is 4.30. The Bertz CT molecular complexity index is 933. The van der Waals surface area contributed by atoms with Gasteiger partial charge in [-0.1, -0.05) is 78.2 Å². The molecule has 0 aliphatic carbocycles. The molecule has 0 N–H and O–H groups in total. The van der Waals surface area contributed by atoms with Crippen molar-refractivity contribution >= 4 is 5.91 Å². The second-order valence-electron chi connectivity index (χ2n) is 9.19. The number of hydrogen-bond donors (Lipinski definition) is 0. The molecule has 0 aliphatic heterocycles. The molecule has 0 radical (unpaired) electrons. The highest BCUT2D eigenvalue weighted by atomic mass is 19.1. The zero-order chi connectivity index (χ0) is 24.4. The summed E-state index contributed by atoms with van der Waals surface area (Å²) in [5, 5.41) is 0. The van der Waals surface area contributed by atoms with Gasteiger partial charge in [-0.3, -0.25) is 4.79 Å². The Kier molecular flexibility index (Phi) is 10.8. The van der Waals surface area contributed by atoms with Gasteiger partial charge in [0.1, 0.15) is 5.82 Å². The maximum Gasteiger partial charge on any atom is 0.258 e. The Hall–Kier alpha value is -2.42. The van der Waals surface area contributed by atoms with E-state index in [9.17, 15) is 9.18 Å². The molecule has 1 amide bonds. The van der Waals surface area contributed by atoms with E-state index in [0.29, 0.717) is 12.5 Å². The van der Waals surface area contributed by atoms with E-state index < -0.39 is 0 Å². The monoisotopic (exact) mass is 451 g/mol. The first-order valence-electron chi connectivity index (χ1n) is 12.7. The number of benzene rings is 2. The number of hydrogen-bond acceptors (Lipinski definition) is 1. The number of allylic oxidation sites excluding steroid dienone is 1. The highest BCUT2D eigenvalue weighted by molar-refractivity contribution is 5.98. The fraction of sp³-hybridized carbons (Fsp3) is 0.500. The highest BCUT2D eigenvalue weighted by Crippen LogP contribution is 2.29. The Morgan fingerprint density at radius 3 is 2.39 bits per heavy atom. The van der Waals surface area contributed by atoms with E-state index in [4.69, 9.17) is 0 Å². The number of carbonyl (C=O) groups excluding carboxylic acids is 1. The van der Waals surface area contributed by atoms with Crippen LogP contribution in [-0.4, -0.2) is 17.4 Å². The van der Waals surface area contributed by atoms with Gasteiger partial charge in [0.25, 0.3) is 5.91 Å². The average Bonchev–Trinajstić information content (AvgIpc) is 2.83. The first kappa shape index (κ1) is 26.8. The number of nitrogens with zero attached hydrogens (tertiary/aromatic N) is 1. The van der Waals surface area contributed by atoms with E-state index in [1.54, 1.807) is 12.1 Å². The molecular formula is C30H42FNO. The van der Waals surface area contributed by atoms with Gasteiger partial charge in [-0.05, 0) is 79.0 Å². The zero-order valence-electron chi connectivity index (χ0n) is 21.3. The first-order valence-corrected chi connectivity index (χ1v) is 12.7. The number of unbranched alkanes of at least 4 members (excludes halogenated alkanes) is 2. The van der Waals surface area contributed by atoms with Crippen LogP contribution in [0.1, 0.15) is 94.1 Å². The van der Waals surface area contributed by atoms with Crippen molar-refractivity contribution in [3.05, 3.63) is 71.2 Å². The quantitative estimate of drug-likeness (QED) is 0.298. The normalized spacial score (nSPS) is 11.9. The minimum atomic E-state index is -0.263. The molecule has 2 nitrogen and oxygen atoms in total. The number of amides is 1. The average molecular weight is 452 g/mol. The van der Waals surface area contributed by atoms with Gasteiger partial charge in [0.15, 0.2) is 0 Å². The van der Waals surface area contributed by atoms with Crippen LogP contribution in [0.4, 0.5) is 4.39 Å². The van der Waals surface area contributed by atoms with Crippen molar-refractivity contribution in [1.82, 2.24) is 4.90 Å². The predicted octanol–water partition coefficient (Wildman–Crippen LogP) is 8.73. The van der Waals surface area contributed by atoms with Crippen LogP contribution in [-0.2, 0) is 6.42 Å². The van der Waals surface area contributed by atoms with Crippen LogP contribution >= 0.6 is 0 Å². The third-order valence-electron chi connectivity index (χ3n) is 6.67. The summed E-state index contributed by atoms with van der Waals surface area (Å²) in [4.78, 5) is 15.9. The molecule has 2 aromatic carbocycles. The van der Waals surface area contributed by atoms with Gasteiger partial charge in [-0.25, -0.2) is 4.39 Å². The minimum absolute atomic E-state index is 0.0267. The molecule has 33 heavy (non-hydrogen) atoms. The van der Waals surface area contributed by atoms with E-state index in [-0.39, 0.29) is 11.7 Å². The van der Waals surface area contributed by atoms with Gasteiger partial charge >= 0.3 is 0 Å². The summed E-state index contributed by atoms with van der Waals surface area (Å²) in [5.74, 6) is 0.227. The van der Waals surface area contributed by atoms with Gasteiger partial charge in [0.2, 0.25) is 0 Å². The summed E-state index contributed by atoms with van der Waals surface area (Å²) < 4.78 is 14.0. The molecule has 180 valence electrons. The van der Waals surface area contributed by atoms with Gasteiger partial charge in [0, 0.05) is 17.8 Å². The number of aryl methyl sites for hydroxylation is 2. The molecule has 0 saturated carbocycles. The first-order chi connectivity index (χ1) is 15.9. The largest absolute Gasteiger partial charge is 0.312 e. The molecule has 0 saturated heterocycles. The Morgan fingerprint density at radius 1 is 1.03 bits per heavy atom. The maximum absolute atomic E-state index is 14.0. The third kappa shape index (κ3) is 7.28. The predicted molar refractivity (Wildman–Crippen MR) is 139 cm³/mol. The molecule has 0 spiro atoms. The van der Waals surface area contributed by atoms with E-state index >= 15 is 0 Å². The molecule has 1 unspecified atom stereocenters. The molecule has 0 heterocycles. The van der Waals surface area contributed by atoms with Crippen molar-refractivity contribution < 1.29 is 9.18 Å². The molecule has 2 rings (SSSR count). The summed E-state index contributed by atoms with van der Waals surface area (Å²) in [6, 6.07) is 10.9. The van der Waals surface area contributed by atoms with Crippen molar-refractivity contribution in [2.24, 2.45) is 5.92 Å².